The van der Waals surface area contributed by atoms with Crippen LogP contribution >= 0.6 is 0 Å². The van der Waals surface area contributed by atoms with E-state index in [2.05, 4.69) is 0 Å². The average molecular weight is 349 g/mol. The second kappa shape index (κ2) is 6.23. The van der Waals surface area contributed by atoms with Crippen LogP contribution in [0, 0.1) is 20.2 Å². The van der Waals surface area contributed by atoms with E-state index in [9.17, 15) is 33.4 Å². The minimum atomic E-state index is -4.91. The lowest BCUT2D eigenvalue weighted by molar-refractivity contribution is -0.716. The summed E-state index contributed by atoms with van der Waals surface area (Å²) in [4.78, 5) is 21.9. The van der Waals surface area contributed by atoms with Gasteiger partial charge in [0, 0.05) is 12.1 Å². The first-order chi connectivity index (χ1) is 11.0. The van der Waals surface area contributed by atoms with Crippen molar-refractivity contribution in [2.45, 2.75) is 32.1 Å². The average Bonchev–Trinajstić information content (AvgIpc) is 2.43. The van der Waals surface area contributed by atoms with Crippen molar-refractivity contribution in [1.29, 1.82) is 0 Å². The summed E-state index contributed by atoms with van der Waals surface area (Å²) in [5.74, 6) is 0. The zero-order valence-corrected chi connectivity index (χ0v) is 12.9. The molecule has 0 saturated carbocycles. The second-order valence-electron chi connectivity index (χ2n) is 5.93. The number of piperazine rings is 1. The molecule has 1 aliphatic heterocycles. The fraction of sp³-hybridized carbons (Fsp3) is 0.538. The van der Waals surface area contributed by atoms with Crippen molar-refractivity contribution >= 4 is 17.1 Å². The Bertz CT molecular complexity index is 635. The number of nitro groups is 2. The largest absolute Gasteiger partial charge is 0.416 e. The molecule has 1 aliphatic rings. The smallest absolute Gasteiger partial charge is 0.348 e. The lowest BCUT2D eigenvalue weighted by atomic mass is 10.1. The second-order valence-corrected chi connectivity index (χ2v) is 5.93. The normalized spacial score (nSPS) is 21.6. The van der Waals surface area contributed by atoms with Crippen LogP contribution in [0.25, 0.3) is 0 Å². The first kappa shape index (κ1) is 17.9. The third-order valence-electron chi connectivity index (χ3n) is 3.78. The molecule has 1 saturated heterocycles. The molecule has 1 aromatic carbocycles. The van der Waals surface area contributed by atoms with Crippen molar-refractivity contribution in [3.8, 4) is 0 Å². The molecule has 0 amide bonds. The van der Waals surface area contributed by atoms with E-state index in [0.717, 1.165) is 0 Å². The highest BCUT2D eigenvalue weighted by molar-refractivity contribution is 5.76. The van der Waals surface area contributed by atoms with Crippen LogP contribution in [0.3, 0.4) is 0 Å². The Morgan fingerprint density at radius 2 is 1.50 bits per heavy atom. The Kier molecular flexibility index (Phi) is 4.65. The van der Waals surface area contributed by atoms with E-state index in [-0.39, 0.29) is 30.9 Å². The van der Waals surface area contributed by atoms with E-state index in [1.54, 1.807) is 0 Å². The summed E-state index contributed by atoms with van der Waals surface area (Å²) in [6, 6.07) is 0.705. The molecule has 2 atom stereocenters. The van der Waals surface area contributed by atoms with E-state index in [0.29, 0.717) is 12.1 Å². The lowest BCUT2D eigenvalue weighted by Gasteiger charge is -2.34. The van der Waals surface area contributed by atoms with E-state index < -0.39 is 33.0 Å². The van der Waals surface area contributed by atoms with Crippen LogP contribution in [-0.4, -0.2) is 35.0 Å². The summed E-state index contributed by atoms with van der Waals surface area (Å²) in [6.45, 7) is 4.20. The summed E-state index contributed by atoms with van der Waals surface area (Å²) in [5.41, 5.74) is -3.59. The van der Waals surface area contributed by atoms with Crippen molar-refractivity contribution in [2.75, 3.05) is 18.0 Å². The molecule has 0 radical (unpaired) electrons. The number of anilines is 1. The number of nitro benzene ring substituents is 2. The van der Waals surface area contributed by atoms with Gasteiger partial charge >= 0.3 is 6.18 Å². The van der Waals surface area contributed by atoms with Gasteiger partial charge < -0.3 is 10.2 Å². The predicted molar refractivity (Wildman–Crippen MR) is 77.8 cm³/mol. The van der Waals surface area contributed by atoms with Crippen LogP contribution < -0.4 is 10.2 Å². The minimum Gasteiger partial charge on any atom is -0.348 e. The summed E-state index contributed by atoms with van der Waals surface area (Å²) >= 11 is 0. The Hall–Kier alpha value is -2.43. The molecule has 0 aliphatic carbocycles. The van der Waals surface area contributed by atoms with E-state index >= 15 is 0 Å². The van der Waals surface area contributed by atoms with Gasteiger partial charge in [-0.3, -0.25) is 20.2 Å². The van der Waals surface area contributed by atoms with Crippen molar-refractivity contribution in [3.05, 3.63) is 37.9 Å². The Labute approximate surface area is 134 Å². The van der Waals surface area contributed by atoms with Gasteiger partial charge in [0.15, 0.2) is 5.69 Å². The molecule has 0 spiro atoms. The third-order valence-corrected chi connectivity index (χ3v) is 3.78. The van der Waals surface area contributed by atoms with Gasteiger partial charge in [-0.1, -0.05) is 0 Å². The zero-order valence-electron chi connectivity index (χ0n) is 12.9. The molecule has 2 rings (SSSR count). The number of rotatable bonds is 3. The summed E-state index contributed by atoms with van der Waals surface area (Å²) < 4.78 is 38.7. The molecule has 8 nitrogen and oxygen atoms in total. The van der Waals surface area contributed by atoms with Gasteiger partial charge in [0.2, 0.25) is 0 Å². The Morgan fingerprint density at radius 1 is 1.08 bits per heavy atom. The molecule has 0 aromatic heterocycles. The van der Waals surface area contributed by atoms with Gasteiger partial charge in [-0.15, -0.1) is 0 Å². The zero-order chi connectivity index (χ0) is 18.2. The standard InChI is InChI=1S/C13H15F3N4O4/c1-7-5-18(6-8(2)17-7)12-10(19(21)22)3-9(13(14,15)16)4-11(12)20(23)24/h3-4,7-8,17H,5-6H2,1-2H3/p+1/t7-,8+. The number of nitrogens with zero attached hydrogens (tertiary/aromatic N) is 3. The number of nitrogens with two attached hydrogens (primary N) is 1. The molecule has 132 valence electrons. The maximum Gasteiger partial charge on any atom is 0.416 e. The van der Waals surface area contributed by atoms with E-state index in [1.807, 2.05) is 19.2 Å². The number of quaternary nitrogens is 1. The molecule has 2 N–H and O–H groups in total. The summed E-state index contributed by atoms with van der Waals surface area (Å²) in [5, 5.41) is 24.5. The monoisotopic (exact) mass is 349 g/mol. The fourth-order valence-electron chi connectivity index (χ4n) is 3.01. The number of halogens is 3. The van der Waals surface area contributed by atoms with Crippen molar-refractivity contribution in [1.82, 2.24) is 0 Å². The molecule has 1 fully saturated rings. The molecule has 0 bridgehead atoms. The van der Waals surface area contributed by atoms with Gasteiger partial charge in [-0.25, -0.2) is 0 Å². The molecule has 0 unspecified atom stereocenters. The summed E-state index contributed by atoms with van der Waals surface area (Å²) in [6.07, 6.45) is -4.91. The quantitative estimate of drug-likeness (QED) is 0.660. The molecule has 24 heavy (non-hydrogen) atoms. The highest BCUT2D eigenvalue weighted by Crippen LogP contribution is 2.43. The molecule has 1 heterocycles. The first-order valence-electron chi connectivity index (χ1n) is 7.14. The Balaban J connectivity index is 2.68. The van der Waals surface area contributed by atoms with E-state index in [4.69, 9.17) is 0 Å². The predicted octanol–water partition coefficient (Wildman–Crippen LogP) is 1.68. The van der Waals surface area contributed by atoms with Gasteiger partial charge in [-0.2, -0.15) is 13.2 Å². The highest BCUT2D eigenvalue weighted by atomic mass is 19.4. The van der Waals surface area contributed by atoms with Crippen LogP contribution in [-0.2, 0) is 6.18 Å². The van der Waals surface area contributed by atoms with Crippen LogP contribution in [0.4, 0.5) is 30.2 Å². The van der Waals surface area contributed by atoms with Gasteiger partial charge in [0.25, 0.3) is 11.4 Å². The van der Waals surface area contributed by atoms with Crippen LogP contribution in [0.1, 0.15) is 19.4 Å². The number of benzene rings is 1. The van der Waals surface area contributed by atoms with Crippen LogP contribution in [0.15, 0.2) is 12.1 Å². The summed E-state index contributed by atoms with van der Waals surface area (Å²) in [7, 11) is 0. The van der Waals surface area contributed by atoms with Crippen molar-refractivity contribution < 1.29 is 28.3 Å². The Morgan fingerprint density at radius 3 is 1.83 bits per heavy atom. The first-order valence-corrected chi connectivity index (χ1v) is 7.14. The van der Waals surface area contributed by atoms with Crippen molar-refractivity contribution in [3.63, 3.8) is 0 Å². The van der Waals surface area contributed by atoms with Crippen molar-refractivity contribution in [2.24, 2.45) is 0 Å². The van der Waals surface area contributed by atoms with Crippen LogP contribution in [0.2, 0.25) is 0 Å². The number of alkyl halides is 3. The molecular formula is C13H16F3N4O4+. The van der Waals surface area contributed by atoms with Crippen LogP contribution in [0.5, 0.6) is 0 Å². The fourth-order valence-corrected chi connectivity index (χ4v) is 3.01. The maximum absolute atomic E-state index is 12.9. The molecular weight excluding hydrogens is 333 g/mol. The molecule has 1 aromatic rings. The van der Waals surface area contributed by atoms with E-state index in [1.165, 1.54) is 4.90 Å². The SMILES string of the molecule is C[C@@H]1CN(c2c([N+](=O)[O-])cc(C(F)(F)F)cc2[N+](=O)[O-])C[C@H](C)[NH2+]1. The minimum absolute atomic E-state index is 0.00440. The maximum atomic E-state index is 12.9. The highest BCUT2D eigenvalue weighted by Gasteiger charge is 2.40. The third kappa shape index (κ3) is 3.55. The number of hydrogen-bond acceptors (Lipinski definition) is 5. The van der Waals surface area contributed by atoms with Gasteiger partial charge in [-0.05, 0) is 13.8 Å². The lowest BCUT2D eigenvalue weighted by Crippen LogP contribution is -2.99. The topological polar surface area (TPSA) is 106 Å². The number of hydrogen-bond donors (Lipinski definition) is 1. The molecule has 11 heteroatoms. The van der Waals surface area contributed by atoms with Gasteiger partial charge in [0.1, 0.15) is 12.1 Å². The van der Waals surface area contributed by atoms with Gasteiger partial charge in [0.05, 0.1) is 28.5 Å².